The summed E-state index contributed by atoms with van der Waals surface area (Å²) in [5.74, 6) is 0.632. The Labute approximate surface area is 274 Å². The molecule has 0 saturated carbocycles. The van der Waals surface area contributed by atoms with Gasteiger partial charge < -0.3 is 15.1 Å². The highest BCUT2D eigenvalue weighted by Gasteiger charge is 2.25. The Balaban J connectivity index is 1.16. The first-order valence-corrected chi connectivity index (χ1v) is 16.1. The highest BCUT2D eigenvalue weighted by Crippen LogP contribution is 2.36. The van der Waals surface area contributed by atoms with Gasteiger partial charge in [0.25, 0.3) is 0 Å². The summed E-state index contributed by atoms with van der Waals surface area (Å²) in [5.41, 5.74) is 8.22. The number of hydrogen-bond acceptors (Lipinski definition) is 6. The van der Waals surface area contributed by atoms with Gasteiger partial charge in [-0.05, 0) is 88.4 Å². The van der Waals surface area contributed by atoms with Crippen LogP contribution in [0.5, 0.6) is 11.5 Å². The number of phenolic OH excluding ortho intramolecular Hbond substituents is 2. The molecule has 0 spiro atoms. The van der Waals surface area contributed by atoms with Crippen molar-refractivity contribution >= 4 is 46.1 Å². The molecule has 0 bridgehead atoms. The van der Waals surface area contributed by atoms with Crippen LogP contribution in [0.1, 0.15) is 35.1 Å². The molecule has 0 unspecified atom stereocenters. The molecule has 236 valence electrons. The molecule has 4 aromatic rings. The van der Waals surface area contributed by atoms with Gasteiger partial charge in [0.15, 0.2) is 0 Å². The fraction of sp³-hybridized carbons (Fsp3) is 0.243. The molecule has 8 nitrogen and oxygen atoms in total. The number of phenols is 2. The summed E-state index contributed by atoms with van der Waals surface area (Å²) in [4.78, 5) is 30.3. The average molecular weight is 637 g/mol. The van der Waals surface area contributed by atoms with Crippen molar-refractivity contribution in [2.24, 2.45) is 0 Å². The van der Waals surface area contributed by atoms with Gasteiger partial charge in [-0.3, -0.25) is 19.9 Å². The summed E-state index contributed by atoms with van der Waals surface area (Å²) in [6.45, 7) is 4.77. The summed E-state index contributed by atoms with van der Waals surface area (Å²) in [6.07, 6.45) is 0.945. The lowest BCUT2D eigenvalue weighted by molar-refractivity contribution is -0.120. The first kappa shape index (κ1) is 31.2. The van der Waals surface area contributed by atoms with Crippen LogP contribution in [0, 0.1) is 0 Å². The number of nitrogens with zero attached hydrogens (tertiary/aromatic N) is 3. The van der Waals surface area contributed by atoms with Crippen LogP contribution in [-0.2, 0) is 11.3 Å². The lowest BCUT2D eigenvalue weighted by atomic mass is 9.88. The SMILES string of the molecule is O=C1CCN(c2cccc(CN3CCN(c4ccc(C(=C(CCCl)c5ccc(O)cc5)c5ccc(O)cc5)cc4)CC3)c2)C(=O)N1. The van der Waals surface area contributed by atoms with Crippen LogP contribution < -0.4 is 15.1 Å². The summed E-state index contributed by atoms with van der Waals surface area (Å²) in [5, 5.41) is 22.3. The Morgan fingerprint density at radius 2 is 1.33 bits per heavy atom. The molecule has 46 heavy (non-hydrogen) atoms. The van der Waals surface area contributed by atoms with Crippen LogP contribution in [0.15, 0.2) is 97.1 Å². The quantitative estimate of drug-likeness (QED) is 0.144. The van der Waals surface area contributed by atoms with E-state index in [0.29, 0.717) is 25.3 Å². The minimum Gasteiger partial charge on any atom is -0.508 e. The molecular weight excluding hydrogens is 600 g/mol. The molecule has 2 saturated heterocycles. The van der Waals surface area contributed by atoms with Gasteiger partial charge in [-0.2, -0.15) is 0 Å². The number of carbonyl (C=O) groups is 2. The third kappa shape index (κ3) is 7.19. The molecule has 2 fully saturated rings. The predicted octanol–water partition coefficient (Wildman–Crippen LogP) is 6.45. The second-order valence-electron chi connectivity index (χ2n) is 11.6. The van der Waals surface area contributed by atoms with E-state index in [1.165, 1.54) is 0 Å². The number of amides is 3. The van der Waals surface area contributed by atoms with Gasteiger partial charge in [-0.25, -0.2) is 4.79 Å². The minimum absolute atomic E-state index is 0.209. The van der Waals surface area contributed by atoms with Gasteiger partial charge in [0.05, 0.1) is 0 Å². The summed E-state index contributed by atoms with van der Waals surface area (Å²) in [6, 6.07) is 30.7. The summed E-state index contributed by atoms with van der Waals surface area (Å²) >= 11 is 6.30. The largest absolute Gasteiger partial charge is 0.508 e. The molecule has 2 aliphatic heterocycles. The number of nitrogens with one attached hydrogen (secondary N) is 1. The lowest BCUT2D eigenvalue weighted by Gasteiger charge is -2.36. The van der Waals surface area contributed by atoms with E-state index < -0.39 is 0 Å². The highest BCUT2D eigenvalue weighted by molar-refractivity contribution is 6.18. The molecule has 4 aromatic carbocycles. The number of anilines is 2. The lowest BCUT2D eigenvalue weighted by Crippen LogP contribution is -2.49. The topological polar surface area (TPSA) is 96.4 Å². The van der Waals surface area contributed by atoms with Crippen molar-refractivity contribution in [3.63, 3.8) is 0 Å². The molecule has 3 amide bonds. The summed E-state index contributed by atoms with van der Waals surface area (Å²) in [7, 11) is 0. The number of hydrogen-bond donors (Lipinski definition) is 3. The van der Waals surface area contributed by atoms with E-state index in [-0.39, 0.29) is 23.4 Å². The van der Waals surface area contributed by atoms with E-state index in [1.54, 1.807) is 29.2 Å². The Bertz CT molecular complexity index is 1710. The maximum atomic E-state index is 12.3. The zero-order valence-corrected chi connectivity index (χ0v) is 26.3. The first-order chi connectivity index (χ1) is 22.4. The number of benzene rings is 4. The molecule has 2 aliphatic rings. The number of halogens is 1. The van der Waals surface area contributed by atoms with Crippen molar-refractivity contribution in [3.8, 4) is 11.5 Å². The number of urea groups is 1. The van der Waals surface area contributed by atoms with Crippen molar-refractivity contribution < 1.29 is 19.8 Å². The van der Waals surface area contributed by atoms with Crippen LogP contribution in [0.25, 0.3) is 11.1 Å². The molecule has 0 atom stereocenters. The minimum atomic E-state index is -0.366. The van der Waals surface area contributed by atoms with Crippen LogP contribution in [-0.4, -0.2) is 65.7 Å². The highest BCUT2D eigenvalue weighted by atomic mass is 35.5. The van der Waals surface area contributed by atoms with Gasteiger partial charge in [-0.1, -0.05) is 48.5 Å². The molecule has 0 aromatic heterocycles. The molecule has 3 N–H and O–H groups in total. The number of rotatable bonds is 9. The van der Waals surface area contributed by atoms with Crippen molar-refractivity contribution in [3.05, 3.63) is 119 Å². The fourth-order valence-electron chi connectivity index (χ4n) is 6.21. The number of aromatic hydroxyl groups is 2. The van der Waals surface area contributed by atoms with Crippen molar-refractivity contribution in [1.29, 1.82) is 0 Å². The molecule has 0 aliphatic carbocycles. The smallest absolute Gasteiger partial charge is 0.328 e. The van der Waals surface area contributed by atoms with Gasteiger partial charge in [0.1, 0.15) is 11.5 Å². The normalized spacial score (nSPS) is 16.3. The Morgan fingerprint density at radius 1 is 0.717 bits per heavy atom. The van der Waals surface area contributed by atoms with E-state index in [0.717, 1.165) is 77.5 Å². The van der Waals surface area contributed by atoms with Gasteiger partial charge in [-0.15, -0.1) is 11.6 Å². The standard InChI is InChI=1S/C37H37ClN4O4/c38-18-16-34(27-6-12-32(43)13-7-27)36(29-8-14-33(44)15-9-29)28-4-10-30(11-5-28)41-22-20-40(21-23-41)25-26-2-1-3-31(24-26)42-19-17-35(45)39-37(42)46/h1-15,24,43-44H,16-23,25H2,(H,39,45,46). The van der Waals surface area contributed by atoms with Crippen LogP contribution in [0.2, 0.25) is 0 Å². The summed E-state index contributed by atoms with van der Waals surface area (Å²) < 4.78 is 0. The predicted molar refractivity (Wildman–Crippen MR) is 183 cm³/mol. The van der Waals surface area contributed by atoms with E-state index in [1.807, 2.05) is 42.5 Å². The number of alkyl halides is 1. The fourth-order valence-corrected chi connectivity index (χ4v) is 6.40. The van der Waals surface area contributed by atoms with E-state index in [2.05, 4.69) is 45.4 Å². The third-order valence-electron chi connectivity index (χ3n) is 8.59. The van der Waals surface area contributed by atoms with E-state index in [4.69, 9.17) is 11.6 Å². The van der Waals surface area contributed by atoms with Crippen molar-refractivity contribution in [2.45, 2.75) is 19.4 Å². The number of carbonyl (C=O) groups excluding carboxylic acids is 2. The first-order valence-electron chi connectivity index (χ1n) is 15.5. The van der Waals surface area contributed by atoms with E-state index in [9.17, 15) is 19.8 Å². The maximum Gasteiger partial charge on any atom is 0.328 e. The molecule has 0 radical (unpaired) electrons. The second kappa shape index (κ2) is 14.1. The van der Waals surface area contributed by atoms with Crippen molar-refractivity contribution in [1.82, 2.24) is 10.2 Å². The second-order valence-corrected chi connectivity index (χ2v) is 12.0. The third-order valence-corrected chi connectivity index (χ3v) is 8.78. The monoisotopic (exact) mass is 636 g/mol. The van der Waals surface area contributed by atoms with Gasteiger partial charge in [0.2, 0.25) is 5.91 Å². The molecule has 9 heteroatoms. The molecular formula is C37H37ClN4O4. The van der Waals surface area contributed by atoms with Gasteiger partial charge in [0, 0.05) is 62.9 Å². The Morgan fingerprint density at radius 3 is 1.93 bits per heavy atom. The Kier molecular flexibility index (Phi) is 9.57. The number of allylic oxidation sites excluding steroid dienone is 1. The number of imide groups is 1. The van der Waals surface area contributed by atoms with Crippen LogP contribution in [0.4, 0.5) is 16.2 Å². The number of piperazine rings is 1. The molecule has 2 heterocycles. The zero-order valence-electron chi connectivity index (χ0n) is 25.5. The Hall–Kier alpha value is -4.79. The average Bonchev–Trinajstić information content (AvgIpc) is 3.07. The van der Waals surface area contributed by atoms with Crippen LogP contribution >= 0.6 is 11.6 Å². The zero-order chi connectivity index (χ0) is 32.0. The maximum absolute atomic E-state index is 12.3. The van der Waals surface area contributed by atoms with Gasteiger partial charge >= 0.3 is 6.03 Å². The van der Waals surface area contributed by atoms with Crippen LogP contribution in [0.3, 0.4) is 0 Å². The molecule has 6 rings (SSSR count). The van der Waals surface area contributed by atoms with E-state index >= 15 is 0 Å². The van der Waals surface area contributed by atoms with Crippen molar-refractivity contribution in [2.75, 3.05) is 48.4 Å².